The first-order chi connectivity index (χ1) is 15.3. The summed E-state index contributed by atoms with van der Waals surface area (Å²) in [5.41, 5.74) is 4.26. The summed E-state index contributed by atoms with van der Waals surface area (Å²) in [6, 6.07) is 18.5. The molecule has 3 aromatic rings. The summed E-state index contributed by atoms with van der Waals surface area (Å²) < 4.78 is 11.7. The molecule has 1 atom stereocenters. The monoisotopic (exact) mass is 417 g/mol. The van der Waals surface area contributed by atoms with Crippen LogP contribution in [-0.2, 0) is 19.4 Å². The van der Waals surface area contributed by atoms with Gasteiger partial charge >= 0.3 is 0 Å². The van der Waals surface area contributed by atoms with Crippen LogP contribution in [0.5, 0.6) is 5.75 Å². The molecule has 0 radical (unpaired) electrons. The molecule has 5 rings (SSSR count). The normalized spacial score (nSPS) is 18.4. The van der Waals surface area contributed by atoms with Crippen molar-refractivity contribution in [2.75, 3.05) is 19.6 Å². The molecule has 0 spiro atoms. The van der Waals surface area contributed by atoms with Gasteiger partial charge in [0.05, 0.1) is 5.69 Å². The Bertz CT molecular complexity index is 1050. The number of aromatic nitrogens is 1. The number of hydrogen-bond donors (Lipinski definition) is 1. The summed E-state index contributed by atoms with van der Waals surface area (Å²) in [6.45, 7) is 2.81. The lowest BCUT2D eigenvalue weighted by Gasteiger charge is -2.24. The molecule has 1 amide bonds. The number of carbonyl (C=O) groups is 1. The highest BCUT2D eigenvalue weighted by Crippen LogP contribution is 2.31. The smallest absolute Gasteiger partial charge is 0.290 e. The standard InChI is InChI=1S/C25H27N3O3/c29-25(24-20-11-5-6-12-21(20)27-31-24)26-14-15-28-16-19-10-4-7-13-22(19)30-23(17-28)18-8-2-1-3-9-18/h1-4,7-10,13,23H,5-6,11-12,14-17H2,(H,26,29)/t23-/m1/s1. The Hall–Kier alpha value is -3.12. The number of rotatable bonds is 5. The molecule has 2 heterocycles. The Kier molecular flexibility index (Phi) is 5.71. The first-order valence-electron chi connectivity index (χ1n) is 11.1. The molecule has 1 aliphatic carbocycles. The maximum absolute atomic E-state index is 12.7. The summed E-state index contributed by atoms with van der Waals surface area (Å²) in [4.78, 5) is 15.0. The molecule has 31 heavy (non-hydrogen) atoms. The Morgan fingerprint density at radius 1 is 1.06 bits per heavy atom. The SMILES string of the molecule is O=C(NCCN1Cc2ccccc2O[C@@H](c2ccccc2)C1)c1onc2c1CCCC2. The maximum Gasteiger partial charge on any atom is 0.290 e. The Morgan fingerprint density at radius 2 is 1.87 bits per heavy atom. The van der Waals surface area contributed by atoms with E-state index in [1.165, 1.54) is 0 Å². The maximum atomic E-state index is 12.7. The first kappa shape index (κ1) is 19.8. The van der Waals surface area contributed by atoms with Gasteiger partial charge in [0, 0.05) is 37.3 Å². The van der Waals surface area contributed by atoms with Gasteiger partial charge in [0.25, 0.3) is 5.91 Å². The highest BCUT2D eigenvalue weighted by molar-refractivity contribution is 5.93. The van der Waals surface area contributed by atoms with Crippen LogP contribution in [0.3, 0.4) is 0 Å². The highest BCUT2D eigenvalue weighted by Gasteiger charge is 2.26. The van der Waals surface area contributed by atoms with E-state index < -0.39 is 0 Å². The highest BCUT2D eigenvalue weighted by atomic mass is 16.5. The van der Waals surface area contributed by atoms with Crippen molar-refractivity contribution in [2.45, 2.75) is 38.3 Å². The third kappa shape index (κ3) is 4.35. The van der Waals surface area contributed by atoms with Gasteiger partial charge < -0.3 is 14.6 Å². The van der Waals surface area contributed by atoms with Gasteiger partial charge in [-0.05, 0) is 37.3 Å². The fraction of sp³-hybridized carbons (Fsp3) is 0.360. The van der Waals surface area contributed by atoms with E-state index >= 15 is 0 Å². The van der Waals surface area contributed by atoms with Crippen LogP contribution in [0, 0.1) is 0 Å². The van der Waals surface area contributed by atoms with Gasteiger partial charge in [0.1, 0.15) is 11.9 Å². The largest absolute Gasteiger partial charge is 0.484 e. The van der Waals surface area contributed by atoms with Crippen molar-refractivity contribution in [3.05, 3.63) is 82.7 Å². The van der Waals surface area contributed by atoms with Crippen molar-refractivity contribution in [3.8, 4) is 5.75 Å². The molecule has 1 aromatic heterocycles. The molecular formula is C25H27N3O3. The third-order valence-electron chi connectivity index (χ3n) is 6.11. The summed E-state index contributed by atoms with van der Waals surface area (Å²) in [5.74, 6) is 1.15. The number of nitrogens with zero attached hydrogens (tertiary/aromatic N) is 2. The van der Waals surface area contributed by atoms with Crippen molar-refractivity contribution < 1.29 is 14.1 Å². The summed E-state index contributed by atoms with van der Waals surface area (Å²) >= 11 is 0. The van der Waals surface area contributed by atoms with E-state index in [1.54, 1.807) is 0 Å². The molecule has 2 aromatic carbocycles. The fourth-order valence-corrected chi connectivity index (χ4v) is 4.47. The van der Waals surface area contributed by atoms with Crippen LogP contribution in [0.2, 0.25) is 0 Å². The van der Waals surface area contributed by atoms with E-state index in [1.807, 2.05) is 36.4 Å². The molecule has 2 aliphatic rings. The van der Waals surface area contributed by atoms with Crippen molar-refractivity contribution in [1.82, 2.24) is 15.4 Å². The number of para-hydroxylation sites is 1. The van der Waals surface area contributed by atoms with E-state index in [2.05, 4.69) is 33.6 Å². The van der Waals surface area contributed by atoms with Crippen LogP contribution >= 0.6 is 0 Å². The van der Waals surface area contributed by atoms with Crippen LogP contribution in [0.25, 0.3) is 0 Å². The average Bonchev–Trinajstić information content (AvgIpc) is 3.15. The number of aryl methyl sites for hydroxylation is 1. The van der Waals surface area contributed by atoms with Gasteiger partial charge in [-0.2, -0.15) is 0 Å². The zero-order chi connectivity index (χ0) is 21.0. The molecule has 0 saturated heterocycles. The van der Waals surface area contributed by atoms with Gasteiger partial charge in [-0.3, -0.25) is 9.69 Å². The van der Waals surface area contributed by atoms with Crippen LogP contribution in [0.15, 0.2) is 59.1 Å². The first-order valence-corrected chi connectivity index (χ1v) is 11.1. The zero-order valence-electron chi connectivity index (χ0n) is 17.5. The van der Waals surface area contributed by atoms with Gasteiger partial charge in [-0.1, -0.05) is 53.7 Å². The van der Waals surface area contributed by atoms with Gasteiger partial charge in [0.2, 0.25) is 5.76 Å². The minimum Gasteiger partial charge on any atom is -0.484 e. The summed E-state index contributed by atoms with van der Waals surface area (Å²) in [7, 11) is 0. The van der Waals surface area contributed by atoms with Crippen LogP contribution in [-0.4, -0.2) is 35.6 Å². The second-order valence-electron chi connectivity index (χ2n) is 8.26. The number of amides is 1. The van der Waals surface area contributed by atoms with E-state index in [9.17, 15) is 4.79 Å². The minimum absolute atomic E-state index is 0.0538. The number of carbonyl (C=O) groups excluding carboxylic acids is 1. The molecule has 160 valence electrons. The van der Waals surface area contributed by atoms with Crippen LogP contribution in [0.4, 0.5) is 0 Å². The third-order valence-corrected chi connectivity index (χ3v) is 6.11. The molecule has 0 unspecified atom stereocenters. The lowest BCUT2D eigenvalue weighted by Crippen LogP contribution is -2.36. The van der Waals surface area contributed by atoms with Gasteiger partial charge in [-0.15, -0.1) is 0 Å². The Morgan fingerprint density at radius 3 is 2.77 bits per heavy atom. The predicted molar refractivity (Wildman–Crippen MR) is 117 cm³/mol. The summed E-state index contributed by atoms with van der Waals surface area (Å²) in [6.07, 6.45) is 3.92. The van der Waals surface area contributed by atoms with E-state index in [0.717, 1.165) is 73.5 Å². The molecule has 0 saturated carbocycles. The quantitative estimate of drug-likeness (QED) is 0.682. The van der Waals surface area contributed by atoms with Crippen molar-refractivity contribution in [1.29, 1.82) is 0 Å². The topological polar surface area (TPSA) is 67.6 Å². The number of nitrogens with one attached hydrogen (secondary N) is 1. The fourth-order valence-electron chi connectivity index (χ4n) is 4.47. The van der Waals surface area contributed by atoms with E-state index in [4.69, 9.17) is 9.26 Å². The minimum atomic E-state index is -0.165. The van der Waals surface area contributed by atoms with E-state index in [0.29, 0.717) is 12.3 Å². The second kappa shape index (κ2) is 8.94. The lowest BCUT2D eigenvalue weighted by atomic mass is 9.96. The number of benzene rings is 2. The van der Waals surface area contributed by atoms with Gasteiger partial charge in [0.15, 0.2) is 0 Å². The molecule has 1 N–H and O–H groups in total. The predicted octanol–water partition coefficient (Wildman–Crippen LogP) is 3.92. The average molecular weight is 418 g/mol. The molecule has 0 fully saturated rings. The molecular weight excluding hydrogens is 390 g/mol. The van der Waals surface area contributed by atoms with E-state index in [-0.39, 0.29) is 12.0 Å². The molecule has 6 nitrogen and oxygen atoms in total. The zero-order valence-corrected chi connectivity index (χ0v) is 17.5. The second-order valence-corrected chi connectivity index (χ2v) is 8.26. The Labute approximate surface area is 182 Å². The summed E-state index contributed by atoms with van der Waals surface area (Å²) in [5, 5.41) is 7.12. The van der Waals surface area contributed by atoms with Crippen LogP contribution < -0.4 is 10.1 Å². The number of hydrogen-bond acceptors (Lipinski definition) is 5. The van der Waals surface area contributed by atoms with Crippen molar-refractivity contribution in [2.24, 2.45) is 0 Å². The van der Waals surface area contributed by atoms with Crippen LogP contribution in [0.1, 0.15) is 51.9 Å². The Balaban J connectivity index is 1.26. The van der Waals surface area contributed by atoms with Crippen molar-refractivity contribution in [3.63, 3.8) is 0 Å². The number of ether oxygens (including phenoxy) is 1. The lowest BCUT2D eigenvalue weighted by molar-refractivity contribution is 0.0905. The molecule has 6 heteroatoms. The van der Waals surface area contributed by atoms with Gasteiger partial charge in [-0.25, -0.2) is 0 Å². The molecule has 1 aliphatic heterocycles. The molecule has 0 bridgehead atoms. The van der Waals surface area contributed by atoms with Crippen molar-refractivity contribution >= 4 is 5.91 Å². The number of fused-ring (bicyclic) bond motifs is 2.